The Hall–Kier alpha value is -2.51. The molecule has 8 heteroatoms. The number of methoxy groups -OCH3 is 1. The van der Waals surface area contributed by atoms with Crippen molar-refractivity contribution in [2.24, 2.45) is 0 Å². The molecule has 1 aromatic heterocycles. The summed E-state index contributed by atoms with van der Waals surface area (Å²) >= 11 is 0. The van der Waals surface area contributed by atoms with Gasteiger partial charge in [-0.1, -0.05) is 0 Å². The van der Waals surface area contributed by atoms with Crippen LogP contribution in [0, 0.1) is 0 Å². The number of alkyl halides is 3. The zero-order valence-electron chi connectivity index (χ0n) is 13.7. The summed E-state index contributed by atoms with van der Waals surface area (Å²) in [6.07, 6.45) is -3.89. The molecule has 0 saturated carbocycles. The Labute approximate surface area is 137 Å². The summed E-state index contributed by atoms with van der Waals surface area (Å²) in [4.78, 5) is 7.42. The van der Waals surface area contributed by atoms with Crippen LogP contribution in [0.3, 0.4) is 0 Å². The highest BCUT2D eigenvalue weighted by Gasteiger charge is 2.36. The molecule has 1 N–H and O–H groups in total. The number of nitrogens with zero attached hydrogens (tertiary/aromatic N) is 2. The van der Waals surface area contributed by atoms with Gasteiger partial charge in [0.15, 0.2) is 0 Å². The molecule has 0 atom stereocenters. The van der Waals surface area contributed by atoms with E-state index in [9.17, 15) is 13.2 Å². The molecule has 0 aliphatic heterocycles. The average molecular weight is 341 g/mol. The highest BCUT2D eigenvalue weighted by Crippen LogP contribution is 2.35. The second-order valence-corrected chi connectivity index (χ2v) is 5.98. The lowest BCUT2D eigenvalue weighted by molar-refractivity contribution is -0.139. The van der Waals surface area contributed by atoms with E-state index in [2.05, 4.69) is 15.3 Å². The van der Waals surface area contributed by atoms with Crippen molar-refractivity contribution >= 4 is 11.6 Å². The Kier molecular flexibility index (Phi) is 4.86. The molecular formula is C16H18F3N3O2. The molecule has 0 amide bonds. The van der Waals surface area contributed by atoms with Crippen molar-refractivity contribution in [1.82, 2.24) is 9.97 Å². The fraction of sp³-hybridized carbons (Fsp3) is 0.375. The van der Waals surface area contributed by atoms with Gasteiger partial charge in [0.25, 0.3) is 0 Å². The molecule has 0 bridgehead atoms. The number of anilines is 2. The second kappa shape index (κ2) is 6.54. The van der Waals surface area contributed by atoms with E-state index in [0.29, 0.717) is 17.6 Å². The molecule has 0 spiro atoms. The van der Waals surface area contributed by atoms with Gasteiger partial charge in [0.05, 0.1) is 7.11 Å². The Morgan fingerprint density at radius 1 is 1.04 bits per heavy atom. The van der Waals surface area contributed by atoms with Gasteiger partial charge in [-0.25, -0.2) is 4.98 Å². The standard InChI is InChI=1S/C16H18F3N3O2/c1-15(2,3)24-11-7-5-10(6-8-11)21-14-20-9-12(16(17,18)19)13(22-14)23-4/h5-9H,1-4H3,(H,20,21,22). The number of ether oxygens (including phenoxy) is 2. The van der Waals surface area contributed by atoms with Gasteiger partial charge in [0, 0.05) is 11.9 Å². The predicted molar refractivity (Wildman–Crippen MR) is 83.7 cm³/mol. The van der Waals surface area contributed by atoms with Crippen LogP contribution in [0.5, 0.6) is 11.6 Å². The fourth-order valence-electron chi connectivity index (χ4n) is 1.87. The first-order valence-electron chi connectivity index (χ1n) is 7.13. The molecule has 1 heterocycles. The Bertz CT molecular complexity index is 695. The SMILES string of the molecule is COc1nc(Nc2ccc(OC(C)(C)C)cc2)ncc1C(F)(F)F. The Morgan fingerprint density at radius 3 is 2.17 bits per heavy atom. The minimum Gasteiger partial charge on any atom is -0.488 e. The molecule has 5 nitrogen and oxygen atoms in total. The minimum absolute atomic E-state index is 0.00402. The summed E-state index contributed by atoms with van der Waals surface area (Å²) in [6.45, 7) is 5.80. The summed E-state index contributed by atoms with van der Waals surface area (Å²) < 4.78 is 48.7. The Balaban J connectivity index is 2.16. The van der Waals surface area contributed by atoms with E-state index < -0.39 is 17.6 Å². The van der Waals surface area contributed by atoms with Crippen LogP contribution in [0.1, 0.15) is 26.3 Å². The highest BCUT2D eigenvalue weighted by atomic mass is 19.4. The molecule has 0 aliphatic rings. The zero-order valence-corrected chi connectivity index (χ0v) is 13.7. The zero-order chi connectivity index (χ0) is 18.0. The summed E-state index contributed by atoms with van der Waals surface area (Å²) in [5.74, 6) is 0.149. The van der Waals surface area contributed by atoms with Crippen LogP contribution in [0.25, 0.3) is 0 Å². The third-order valence-corrected chi connectivity index (χ3v) is 2.79. The first-order valence-corrected chi connectivity index (χ1v) is 7.13. The van der Waals surface area contributed by atoms with Crippen molar-refractivity contribution < 1.29 is 22.6 Å². The van der Waals surface area contributed by atoms with Crippen molar-refractivity contribution in [2.75, 3.05) is 12.4 Å². The molecule has 24 heavy (non-hydrogen) atoms. The van der Waals surface area contributed by atoms with Crippen LogP contribution in [0.15, 0.2) is 30.5 Å². The van der Waals surface area contributed by atoms with Crippen molar-refractivity contribution in [3.05, 3.63) is 36.0 Å². The van der Waals surface area contributed by atoms with Gasteiger partial charge in [-0.3, -0.25) is 0 Å². The second-order valence-electron chi connectivity index (χ2n) is 5.98. The van der Waals surface area contributed by atoms with Gasteiger partial charge in [0.1, 0.15) is 16.9 Å². The highest BCUT2D eigenvalue weighted by molar-refractivity contribution is 5.55. The fourth-order valence-corrected chi connectivity index (χ4v) is 1.87. The van der Waals surface area contributed by atoms with Crippen LogP contribution in [-0.4, -0.2) is 22.7 Å². The summed E-state index contributed by atoms with van der Waals surface area (Å²) in [6, 6.07) is 6.92. The predicted octanol–water partition coefficient (Wildman–Crippen LogP) is 4.42. The quantitative estimate of drug-likeness (QED) is 0.892. The van der Waals surface area contributed by atoms with E-state index >= 15 is 0 Å². The van der Waals surface area contributed by atoms with Crippen LogP contribution in [-0.2, 0) is 6.18 Å². The van der Waals surface area contributed by atoms with Gasteiger partial charge >= 0.3 is 6.18 Å². The third kappa shape index (κ3) is 4.74. The van der Waals surface area contributed by atoms with Gasteiger partial charge in [-0.15, -0.1) is 0 Å². The first kappa shape index (κ1) is 17.8. The maximum Gasteiger partial charge on any atom is 0.423 e. The van der Waals surface area contributed by atoms with E-state index in [1.165, 1.54) is 0 Å². The van der Waals surface area contributed by atoms with Crippen molar-refractivity contribution in [3.8, 4) is 11.6 Å². The third-order valence-electron chi connectivity index (χ3n) is 2.79. The lowest BCUT2D eigenvalue weighted by Gasteiger charge is -2.21. The van der Waals surface area contributed by atoms with Crippen LogP contribution in [0.2, 0.25) is 0 Å². The molecular weight excluding hydrogens is 323 g/mol. The molecule has 0 saturated heterocycles. The van der Waals surface area contributed by atoms with Gasteiger partial charge in [0.2, 0.25) is 11.8 Å². The van der Waals surface area contributed by atoms with Crippen LogP contribution in [0.4, 0.5) is 24.8 Å². The summed E-state index contributed by atoms with van der Waals surface area (Å²) in [7, 11) is 1.12. The molecule has 0 unspecified atom stereocenters. The largest absolute Gasteiger partial charge is 0.488 e. The molecule has 0 aliphatic carbocycles. The lowest BCUT2D eigenvalue weighted by Crippen LogP contribution is -2.22. The lowest BCUT2D eigenvalue weighted by atomic mass is 10.2. The number of benzene rings is 1. The van der Waals surface area contributed by atoms with Crippen molar-refractivity contribution in [2.45, 2.75) is 32.5 Å². The molecule has 2 aromatic rings. The van der Waals surface area contributed by atoms with Crippen molar-refractivity contribution in [1.29, 1.82) is 0 Å². The normalized spacial score (nSPS) is 12.0. The average Bonchev–Trinajstić information content (AvgIpc) is 2.46. The van der Waals surface area contributed by atoms with E-state index in [0.717, 1.165) is 7.11 Å². The number of rotatable bonds is 4. The summed E-state index contributed by atoms with van der Waals surface area (Å²) in [5.41, 5.74) is -0.735. The maximum absolute atomic E-state index is 12.8. The smallest absolute Gasteiger partial charge is 0.423 e. The van der Waals surface area contributed by atoms with Crippen LogP contribution >= 0.6 is 0 Å². The van der Waals surface area contributed by atoms with Gasteiger partial charge < -0.3 is 14.8 Å². The molecule has 2 rings (SSSR count). The molecule has 1 aromatic carbocycles. The van der Waals surface area contributed by atoms with E-state index in [1.807, 2.05) is 20.8 Å². The van der Waals surface area contributed by atoms with Gasteiger partial charge in [-0.05, 0) is 45.0 Å². The Morgan fingerprint density at radius 2 is 1.67 bits per heavy atom. The van der Waals surface area contributed by atoms with Gasteiger partial charge in [-0.2, -0.15) is 18.2 Å². The first-order chi connectivity index (χ1) is 11.1. The monoisotopic (exact) mass is 341 g/mol. The van der Waals surface area contributed by atoms with E-state index in [4.69, 9.17) is 9.47 Å². The number of halogens is 3. The number of aromatic nitrogens is 2. The molecule has 0 radical (unpaired) electrons. The maximum atomic E-state index is 12.8. The molecule has 130 valence electrons. The minimum atomic E-state index is -4.57. The molecule has 0 fully saturated rings. The number of hydrogen-bond donors (Lipinski definition) is 1. The van der Waals surface area contributed by atoms with E-state index in [-0.39, 0.29) is 11.5 Å². The van der Waals surface area contributed by atoms with Crippen LogP contribution < -0.4 is 14.8 Å². The van der Waals surface area contributed by atoms with Crippen molar-refractivity contribution in [3.63, 3.8) is 0 Å². The topological polar surface area (TPSA) is 56.3 Å². The van der Waals surface area contributed by atoms with E-state index in [1.54, 1.807) is 24.3 Å². The summed E-state index contributed by atoms with van der Waals surface area (Å²) in [5, 5.41) is 2.82. The number of nitrogens with one attached hydrogen (secondary N) is 1. The number of hydrogen-bond acceptors (Lipinski definition) is 5.